The number of hydrogen-bond donors (Lipinski definition) is 2. The highest BCUT2D eigenvalue weighted by molar-refractivity contribution is 7.11. The fraction of sp³-hybridized carbons (Fsp3) is 0.176. The molecule has 2 aromatic heterocycles. The van der Waals surface area contributed by atoms with E-state index in [0.29, 0.717) is 6.42 Å². The third-order valence-electron chi connectivity index (χ3n) is 3.32. The Bertz CT molecular complexity index is 610. The van der Waals surface area contributed by atoms with Gasteiger partial charge in [-0.05, 0) is 47.0 Å². The number of aliphatic hydroxyl groups is 1. The molecule has 2 heterocycles. The van der Waals surface area contributed by atoms with Crippen LogP contribution in [0.1, 0.15) is 21.4 Å². The van der Waals surface area contributed by atoms with Crippen LogP contribution in [0.5, 0.6) is 0 Å². The van der Waals surface area contributed by atoms with Crippen LogP contribution in [0.2, 0.25) is 0 Å². The van der Waals surface area contributed by atoms with Crippen molar-refractivity contribution in [2.75, 3.05) is 11.9 Å². The standard InChI is InChI=1S/C17H17NOS2/c19-10-9-13-5-7-14(8-6-13)18-17(15-3-1-11-20-15)16-4-2-12-21-16/h1-8,11-12,17-19H,9-10H2. The van der Waals surface area contributed by atoms with Crippen LogP contribution < -0.4 is 5.32 Å². The number of benzene rings is 1. The molecule has 21 heavy (non-hydrogen) atoms. The Labute approximate surface area is 132 Å². The normalized spacial score (nSPS) is 11.0. The number of nitrogens with one attached hydrogen (secondary N) is 1. The van der Waals surface area contributed by atoms with E-state index in [9.17, 15) is 0 Å². The fourth-order valence-electron chi connectivity index (χ4n) is 2.26. The van der Waals surface area contributed by atoms with Gasteiger partial charge >= 0.3 is 0 Å². The summed E-state index contributed by atoms with van der Waals surface area (Å²) in [6, 6.07) is 17.0. The van der Waals surface area contributed by atoms with Gasteiger partial charge < -0.3 is 10.4 Å². The van der Waals surface area contributed by atoms with E-state index >= 15 is 0 Å². The highest BCUT2D eigenvalue weighted by Gasteiger charge is 2.15. The van der Waals surface area contributed by atoms with Crippen molar-refractivity contribution in [2.24, 2.45) is 0 Å². The van der Waals surface area contributed by atoms with Gasteiger partial charge in [0.1, 0.15) is 0 Å². The summed E-state index contributed by atoms with van der Waals surface area (Å²) in [4.78, 5) is 2.63. The zero-order valence-corrected chi connectivity index (χ0v) is 13.2. The lowest BCUT2D eigenvalue weighted by molar-refractivity contribution is 0.299. The second-order valence-corrected chi connectivity index (χ2v) is 6.74. The molecule has 3 rings (SSSR count). The number of thiophene rings is 2. The largest absolute Gasteiger partial charge is 0.396 e. The third kappa shape index (κ3) is 3.53. The molecule has 4 heteroatoms. The molecule has 108 valence electrons. The van der Waals surface area contributed by atoms with Crippen LogP contribution in [0.15, 0.2) is 59.3 Å². The lowest BCUT2D eigenvalue weighted by atomic mass is 10.1. The summed E-state index contributed by atoms with van der Waals surface area (Å²) < 4.78 is 0. The molecule has 0 saturated carbocycles. The minimum absolute atomic E-state index is 0.194. The van der Waals surface area contributed by atoms with E-state index in [0.717, 1.165) is 11.3 Å². The van der Waals surface area contributed by atoms with Crippen molar-refractivity contribution in [2.45, 2.75) is 12.5 Å². The smallest absolute Gasteiger partial charge is 0.0953 e. The summed E-state index contributed by atoms with van der Waals surface area (Å²) in [5.41, 5.74) is 2.26. The van der Waals surface area contributed by atoms with Gasteiger partial charge in [-0.2, -0.15) is 0 Å². The van der Waals surface area contributed by atoms with E-state index in [1.165, 1.54) is 9.75 Å². The maximum atomic E-state index is 8.97. The molecule has 0 radical (unpaired) electrons. The molecule has 0 bridgehead atoms. The Morgan fingerprint density at radius 2 is 1.52 bits per heavy atom. The molecule has 0 saturated heterocycles. The van der Waals surface area contributed by atoms with Crippen LogP contribution >= 0.6 is 22.7 Å². The summed E-state index contributed by atoms with van der Waals surface area (Å²) in [5.74, 6) is 0. The van der Waals surface area contributed by atoms with Gasteiger partial charge in [-0.25, -0.2) is 0 Å². The van der Waals surface area contributed by atoms with Crippen molar-refractivity contribution >= 4 is 28.4 Å². The first-order valence-corrected chi connectivity index (χ1v) is 8.66. The minimum Gasteiger partial charge on any atom is -0.396 e. The van der Waals surface area contributed by atoms with E-state index in [-0.39, 0.29) is 12.6 Å². The van der Waals surface area contributed by atoms with Gasteiger partial charge in [0.15, 0.2) is 0 Å². The number of anilines is 1. The van der Waals surface area contributed by atoms with Crippen molar-refractivity contribution in [1.82, 2.24) is 0 Å². The third-order valence-corrected chi connectivity index (χ3v) is 5.20. The maximum Gasteiger partial charge on any atom is 0.0953 e. The summed E-state index contributed by atoms with van der Waals surface area (Å²) in [6.45, 7) is 0.194. The second-order valence-electron chi connectivity index (χ2n) is 4.78. The van der Waals surface area contributed by atoms with E-state index in [1.54, 1.807) is 22.7 Å². The van der Waals surface area contributed by atoms with Gasteiger partial charge in [-0.3, -0.25) is 0 Å². The Kier molecular flexibility index (Phi) is 4.70. The topological polar surface area (TPSA) is 32.3 Å². The molecule has 0 spiro atoms. The van der Waals surface area contributed by atoms with Gasteiger partial charge in [-0.15, -0.1) is 22.7 Å². The van der Waals surface area contributed by atoms with Gasteiger partial charge in [0, 0.05) is 22.0 Å². The van der Waals surface area contributed by atoms with Crippen molar-refractivity contribution in [1.29, 1.82) is 0 Å². The Balaban J connectivity index is 1.82. The molecular weight excluding hydrogens is 298 g/mol. The zero-order chi connectivity index (χ0) is 14.5. The summed E-state index contributed by atoms with van der Waals surface area (Å²) in [6.07, 6.45) is 0.708. The Morgan fingerprint density at radius 1 is 0.905 bits per heavy atom. The van der Waals surface area contributed by atoms with Crippen molar-refractivity contribution < 1.29 is 5.11 Å². The van der Waals surface area contributed by atoms with Crippen LogP contribution in [-0.2, 0) is 6.42 Å². The molecule has 0 unspecified atom stereocenters. The fourth-order valence-corrected chi connectivity index (χ4v) is 3.92. The molecule has 0 atom stereocenters. The number of aliphatic hydroxyl groups excluding tert-OH is 1. The molecule has 0 aliphatic rings. The average Bonchev–Trinajstić information content (AvgIpc) is 3.20. The Hall–Kier alpha value is -1.62. The lowest BCUT2D eigenvalue weighted by Gasteiger charge is -2.18. The monoisotopic (exact) mass is 315 g/mol. The second kappa shape index (κ2) is 6.89. The van der Waals surface area contributed by atoms with E-state index < -0.39 is 0 Å². The zero-order valence-electron chi connectivity index (χ0n) is 11.5. The Morgan fingerprint density at radius 3 is 2.00 bits per heavy atom. The SMILES string of the molecule is OCCc1ccc(NC(c2cccs2)c2cccs2)cc1. The molecule has 1 aromatic carbocycles. The van der Waals surface area contributed by atoms with Crippen molar-refractivity contribution in [3.8, 4) is 0 Å². The summed E-state index contributed by atoms with van der Waals surface area (Å²) >= 11 is 3.54. The van der Waals surface area contributed by atoms with Crippen LogP contribution in [0.4, 0.5) is 5.69 Å². The van der Waals surface area contributed by atoms with Gasteiger partial charge in [-0.1, -0.05) is 24.3 Å². The average molecular weight is 315 g/mol. The molecule has 0 aliphatic carbocycles. The first-order valence-electron chi connectivity index (χ1n) is 6.90. The van der Waals surface area contributed by atoms with Crippen LogP contribution in [-0.4, -0.2) is 11.7 Å². The maximum absolute atomic E-state index is 8.97. The number of hydrogen-bond acceptors (Lipinski definition) is 4. The highest BCUT2D eigenvalue weighted by Crippen LogP contribution is 2.32. The van der Waals surface area contributed by atoms with Crippen molar-refractivity contribution in [3.05, 3.63) is 74.6 Å². The summed E-state index contributed by atoms with van der Waals surface area (Å²) in [5, 5.41) is 16.8. The highest BCUT2D eigenvalue weighted by atomic mass is 32.1. The molecular formula is C17H17NOS2. The lowest BCUT2D eigenvalue weighted by Crippen LogP contribution is -2.09. The quantitative estimate of drug-likeness (QED) is 0.699. The van der Waals surface area contributed by atoms with E-state index in [1.807, 2.05) is 0 Å². The van der Waals surface area contributed by atoms with Crippen LogP contribution in [0.25, 0.3) is 0 Å². The van der Waals surface area contributed by atoms with Crippen LogP contribution in [0, 0.1) is 0 Å². The van der Waals surface area contributed by atoms with Crippen molar-refractivity contribution in [3.63, 3.8) is 0 Å². The minimum atomic E-state index is 0.194. The van der Waals surface area contributed by atoms with Gasteiger partial charge in [0.05, 0.1) is 6.04 Å². The number of rotatable bonds is 6. The van der Waals surface area contributed by atoms with Crippen LogP contribution in [0.3, 0.4) is 0 Å². The first kappa shape index (κ1) is 14.3. The van der Waals surface area contributed by atoms with Gasteiger partial charge in [0.2, 0.25) is 0 Å². The molecule has 0 aliphatic heterocycles. The summed E-state index contributed by atoms with van der Waals surface area (Å²) in [7, 11) is 0. The molecule has 0 amide bonds. The van der Waals surface area contributed by atoms with E-state index in [4.69, 9.17) is 5.11 Å². The molecule has 0 fully saturated rings. The predicted molar refractivity (Wildman–Crippen MR) is 91.3 cm³/mol. The molecule has 2 N–H and O–H groups in total. The van der Waals surface area contributed by atoms with E-state index in [2.05, 4.69) is 64.6 Å². The molecule has 3 aromatic rings. The molecule has 2 nitrogen and oxygen atoms in total. The first-order chi connectivity index (χ1) is 10.4. The predicted octanol–water partition coefficient (Wildman–Crippen LogP) is 4.55. The van der Waals surface area contributed by atoms with Gasteiger partial charge in [0.25, 0.3) is 0 Å².